The molecule has 1 aromatic carbocycles. The van der Waals surface area contributed by atoms with Crippen LogP contribution in [0, 0.1) is 10.8 Å². The molecule has 3 rings (SSSR count). The van der Waals surface area contributed by atoms with E-state index in [1.165, 1.54) is 6.42 Å². The smallest absolute Gasteiger partial charge is 0.254 e. The lowest BCUT2D eigenvalue weighted by Gasteiger charge is -2.39. The third kappa shape index (κ3) is 2.73. The molecule has 120 valence electrons. The van der Waals surface area contributed by atoms with Crippen LogP contribution in [0.5, 0.6) is 0 Å². The Morgan fingerprint density at radius 1 is 1.23 bits per heavy atom. The summed E-state index contributed by atoms with van der Waals surface area (Å²) in [5, 5.41) is 0. The van der Waals surface area contributed by atoms with Crippen LogP contribution >= 0.6 is 0 Å². The molecule has 1 saturated heterocycles. The second-order valence-electron chi connectivity index (χ2n) is 8.59. The number of carbonyl (C=O) groups excluding carboxylic acids is 1. The standard InChI is InChI=1S/C19H28N2O/c1-18(2)10-16-11-19(3,12-18)13-21(16)17(22)14-7-6-8-15(9-14)20(4)5/h6-9,16H,10-13H2,1-5H3/t16-,19-/m1/s1. The highest BCUT2D eigenvalue weighted by Gasteiger charge is 2.50. The van der Waals surface area contributed by atoms with Gasteiger partial charge in [0.1, 0.15) is 0 Å². The summed E-state index contributed by atoms with van der Waals surface area (Å²) in [6.07, 6.45) is 3.51. The minimum Gasteiger partial charge on any atom is -0.378 e. The highest BCUT2D eigenvalue weighted by atomic mass is 16.2. The molecule has 1 amide bonds. The van der Waals surface area contributed by atoms with Gasteiger partial charge in [0, 0.05) is 37.9 Å². The van der Waals surface area contributed by atoms with E-state index < -0.39 is 0 Å². The summed E-state index contributed by atoms with van der Waals surface area (Å²) in [5.41, 5.74) is 2.54. The Labute approximate surface area is 134 Å². The van der Waals surface area contributed by atoms with Crippen molar-refractivity contribution in [2.24, 2.45) is 10.8 Å². The fourth-order valence-electron chi connectivity index (χ4n) is 4.78. The Bertz CT molecular complexity index is 593. The van der Waals surface area contributed by atoms with Crippen LogP contribution in [0.25, 0.3) is 0 Å². The molecule has 1 aromatic rings. The molecule has 3 heteroatoms. The summed E-state index contributed by atoms with van der Waals surface area (Å²) in [6, 6.07) is 8.40. The van der Waals surface area contributed by atoms with E-state index in [1.807, 2.05) is 43.3 Å². The van der Waals surface area contributed by atoms with Crippen molar-refractivity contribution >= 4 is 11.6 Å². The second-order valence-corrected chi connectivity index (χ2v) is 8.59. The van der Waals surface area contributed by atoms with Crippen molar-refractivity contribution in [3.05, 3.63) is 29.8 Å². The zero-order chi connectivity index (χ0) is 16.1. The summed E-state index contributed by atoms with van der Waals surface area (Å²) in [7, 11) is 4.02. The van der Waals surface area contributed by atoms with Gasteiger partial charge in [-0.05, 0) is 48.3 Å². The maximum atomic E-state index is 13.0. The highest BCUT2D eigenvalue weighted by molar-refractivity contribution is 5.95. The van der Waals surface area contributed by atoms with E-state index in [1.54, 1.807) is 0 Å². The Morgan fingerprint density at radius 2 is 1.95 bits per heavy atom. The topological polar surface area (TPSA) is 23.6 Å². The molecule has 2 bridgehead atoms. The van der Waals surface area contributed by atoms with E-state index in [4.69, 9.17) is 0 Å². The molecule has 22 heavy (non-hydrogen) atoms. The number of hydrogen-bond donors (Lipinski definition) is 0. The van der Waals surface area contributed by atoms with E-state index >= 15 is 0 Å². The summed E-state index contributed by atoms with van der Waals surface area (Å²) in [5.74, 6) is 0.204. The Hall–Kier alpha value is -1.51. The average molecular weight is 300 g/mol. The quantitative estimate of drug-likeness (QED) is 0.829. The lowest BCUT2D eigenvalue weighted by Crippen LogP contribution is -2.37. The molecule has 2 fully saturated rings. The van der Waals surface area contributed by atoms with Gasteiger partial charge in [-0.1, -0.05) is 26.8 Å². The predicted octanol–water partition coefficient (Wildman–Crippen LogP) is 3.79. The zero-order valence-electron chi connectivity index (χ0n) is 14.5. The first-order chi connectivity index (χ1) is 10.2. The Morgan fingerprint density at radius 3 is 2.64 bits per heavy atom. The summed E-state index contributed by atoms with van der Waals surface area (Å²) in [6.45, 7) is 7.95. The van der Waals surface area contributed by atoms with Gasteiger partial charge in [0.05, 0.1) is 0 Å². The molecule has 0 unspecified atom stereocenters. The molecule has 2 atom stereocenters. The molecular formula is C19H28N2O. The van der Waals surface area contributed by atoms with Crippen molar-refractivity contribution in [2.75, 3.05) is 25.5 Å². The summed E-state index contributed by atoms with van der Waals surface area (Å²) in [4.78, 5) is 17.2. The molecule has 1 aliphatic carbocycles. The van der Waals surface area contributed by atoms with Crippen LogP contribution in [-0.4, -0.2) is 37.5 Å². The van der Waals surface area contributed by atoms with E-state index in [9.17, 15) is 4.79 Å². The van der Waals surface area contributed by atoms with Gasteiger partial charge in [-0.2, -0.15) is 0 Å². The van der Waals surface area contributed by atoms with Crippen LogP contribution in [0.4, 0.5) is 5.69 Å². The number of likely N-dealkylation sites (tertiary alicyclic amines) is 1. The van der Waals surface area contributed by atoms with Crippen LogP contribution in [0.15, 0.2) is 24.3 Å². The first-order valence-electron chi connectivity index (χ1n) is 8.28. The molecule has 0 spiro atoms. The number of amides is 1. The Kier molecular flexibility index (Phi) is 3.50. The molecule has 0 radical (unpaired) electrons. The van der Waals surface area contributed by atoms with Crippen LogP contribution in [0.3, 0.4) is 0 Å². The molecule has 3 nitrogen and oxygen atoms in total. The number of carbonyl (C=O) groups is 1. The fraction of sp³-hybridized carbons (Fsp3) is 0.632. The largest absolute Gasteiger partial charge is 0.378 e. The summed E-state index contributed by atoms with van der Waals surface area (Å²) >= 11 is 0. The first kappa shape index (κ1) is 15.4. The molecule has 1 saturated carbocycles. The van der Waals surface area contributed by atoms with Gasteiger partial charge in [0.25, 0.3) is 5.91 Å². The maximum absolute atomic E-state index is 13.0. The normalized spacial score (nSPS) is 29.5. The molecule has 1 aliphatic heterocycles. The van der Waals surface area contributed by atoms with Crippen molar-refractivity contribution in [3.8, 4) is 0 Å². The van der Waals surface area contributed by atoms with Crippen LogP contribution in [0.2, 0.25) is 0 Å². The van der Waals surface area contributed by atoms with Gasteiger partial charge < -0.3 is 9.80 Å². The Balaban J connectivity index is 1.86. The predicted molar refractivity (Wildman–Crippen MR) is 91.3 cm³/mol. The molecular weight excluding hydrogens is 272 g/mol. The minimum atomic E-state index is 0.204. The first-order valence-corrected chi connectivity index (χ1v) is 8.28. The van der Waals surface area contributed by atoms with Crippen molar-refractivity contribution in [1.82, 2.24) is 4.90 Å². The minimum absolute atomic E-state index is 0.204. The number of benzene rings is 1. The number of hydrogen-bond acceptors (Lipinski definition) is 2. The number of nitrogens with zero attached hydrogens (tertiary/aromatic N) is 2. The highest BCUT2D eigenvalue weighted by Crippen LogP contribution is 2.52. The van der Waals surface area contributed by atoms with Gasteiger partial charge in [-0.3, -0.25) is 4.79 Å². The van der Waals surface area contributed by atoms with Crippen molar-refractivity contribution < 1.29 is 4.79 Å². The van der Waals surface area contributed by atoms with Crippen LogP contribution < -0.4 is 4.90 Å². The molecule has 1 heterocycles. The van der Waals surface area contributed by atoms with Crippen molar-refractivity contribution in [3.63, 3.8) is 0 Å². The van der Waals surface area contributed by atoms with Crippen molar-refractivity contribution in [1.29, 1.82) is 0 Å². The van der Waals surface area contributed by atoms with Crippen LogP contribution in [0.1, 0.15) is 50.4 Å². The lowest BCUT2D eigenvalue weighted by atomic mass is 9.65. The van der Waals surface area contributed by atoms with Gasteiger partial charge >= 0.3 is 0 Å². The monoisotopic (exact) mass is 300 g/mol. The number of fused-ring (bicyclic) bond motifs is 2. The van der Waals surface area contributed by atoms with Crippen molar-refractivity contribution in [2.45, 2.75) is 46.1 Å². The van der Waals surface area contributed by atoms with E-state index in [0.717, 1.165) is 30.6 Å². The average Bonchev–Trinajstić information content (AvgIpc) is 2.67. The van der Waals surface area contributed by atoms with Gasteiger partial charge in [-0.25, -0.2) is 0 Å². The number of anilines is 1. The molecule has 2 aliphatic rings. The zero-order valence-corrected chi connectivity index (χ0v) is 14.5. The van der Waals surface area contributed by atoms with Gasteiger partial charge in [0.2, 0.25) is 0 Å². The van der Waals surface area contributed by atoms with Crippen LogP contribution in [-0.2, 0) is 0 Å². The SMILES string of the molecule is CN(C)c1cccc(C(=O)N2C[C@]3(C)C[C@H]2CC(C)(C)C3)c1. The third-order valence-corrected chi connectivity index (χ3v) is 5.29. The maximum Gasteiger partial charge on any atom is 0.254 e. The van der Waals surface area contributed by atoms with E-state index in [0.29, 0.717) is 16.9 Å². The number of rotatable bonds is 2. The fourth-order valence-corrected chi connectivity index (χ4v) is 4.78. The lowest BCUT2D eigenvalue weighted by molar-refractivity contribution is 0.0708. The second kappa shape index (κ2) is 5.00. The molecule has 0 N–H and O–H groups in total. The van der Waals surface area contributed by atoms with Gasteiger partial charge in [-0.15, -0.1) is 0 Å². The third-order valence-electron chi connectivity index (χ3n) is 5.29. The summed E-state index contributed by atoms with van der Waals surface area (Å²) < 4.78 is 0. The molecule has 0 aromatic heterocycles. The van der Waals surface area contributed by atoms with E-state index in [2.05, 4.69) is 25.7 Å². The van der Waals surface area contributed by atoms with E-state index in [-0.39, 0.29) is 5.91 Å². The van der Waals surface area contributed by atoms with Gasteiger partial charge in [0.15, 0.2) is 0 Å².